The van der Waals surface area contributed by atoms with E-state index in [2.05, 4.69) is 45.0 Å². The molecule has 0 aromatic rings. The maximum Gasteiger partial charge on any atom is 0.00356 e. The van der Waals surface area contributed by atoms with Gasteiger partial charge in [0.1, 0.15) is 0 Å². The highest BCUT2D eigenvalue weighted by molar-refractivity contribution is 4.64. The van der Waals surface area contributed by atoms with Crippen LogP contribution in [0.4, 0.5) is 0 Å². The lowest BCUT2D eigenvalue weighted by atomic mass is 10.1. The van der Waals surface area contributed by atoms with Crippen LogP contribution in [0.3, 0.4) is 0 Å². The zero-order chi connectivity index (χ0) is 10.3. The van der Waals surface area contributed by atoms with Crippen molar-refractivity contribution in [1.29, 1.82) is 0 Å². The first-order valence-electron chi connectivity index (χ1n) is 5.48. The third-order valence-corrected chi connectivity index (χ3v) is 2.40. The molecule has 0 heterocycles. The Bertz CT molecular complexity index is 113. The summed E-state index contributed by atoms with van der Waals surface area (Å²) in [6.07, 6.45) is 1.23. The lowest BCUT2D eigenvalue weighted by Crippen LogP contribution is -2.35. The van der Waals surface area contributed by atoms with E-state index in [-0.39, 0.29) is 0 Å². The molecule has 0 bridgehead atoms. The molecule has 0 saturated heterocycles. The van der Waals surface area contributed by atoms with Gasteiger partial charge in [0.2, 0.25) is 0 Å². The van der Waals surface area contributed by atoms with Gasteiger partial charge < -0.3 is 10.2 Å². The van der Waals surface area contributed by atoms with Crippen molar-refractivity contribution in [3.63, 3.8) is 0 Å². The number of rotatable bonds is 7. The first-order valence-corrected chi connectivity index (χ1v) is 5.48. The normalized spacial score (nSPS) is 14.1. The number of hydrogen-bond donors (Lipinski definition) is 1. The Morgan fingerprint density at radius 3 is 2.31 bits per heavy atom. The summed E-state index contributed by atoms with van der Waals surface area (Å²) in [4.78, 5) is 2.40. The Morgan fingerprint density at radius 1 is 1.23 bits per heavy atom. The fourth-order valence-corrected chi connectivity index (χ4v) is 1.29. The predicted molar refractivity (Wildman–Crippen MR) is 60.1 cm³/mol. The fourth-order valence-electron chi connectivity index (χ4n) is 1.29. The molecule has 0 saturated carbocycles. The molecule has 0 aliphatic carbocycles. The lowest BCUT2D eigenvalue weighted by Gasteiger charge is -2.24. The third kappa shape index (κ3) is 7.03. The molecule has 0 radical (unpaired) electrons. The van der Waals surface area contributed by atoms with Gasteiger partial charge in [0.05, 0.1) is 0 Å². The molecule has 1 atom stereocenters. The van der Waals surface area contributed by atoms with E-state index in [4.69, 9.17) is 0 Å². The van der Waals surface area contributed by atoms with Crippen LogP contribution in [0.25, 0.3) is 0 Å². The average Bonchev–Trinajstić information content (AvgIpc) is 2.04. The van der Waals surface area contributed by atoms with E-state index in [1.54, 1.807) is 0 Å². The van der Waals surface area contributed by atoms with Gasteiger partial charge in [-0.05, 0) is 46.3 Å². The molecule has 80 valence electrons. The molecule has 0 aliphatic heterocycles. The van der Waals surface area contributed by atoms with Gasteiger partial charge in [-0.3, -0.25) is 0 Å². The molecule has 0 spiro atoms. The van der Waals surface area contributed by atoms with Crippen molar-refractivity contribution in [2.45, 2.75) is 40.2 Å². The highest BCUT2D eigenvalue weighted by atomic mass is 15.1. The highest BCUT2D eigenvalue weighted by Crippen LogP contribution is 2.00. The molecule has 0 aromatic heterocycles. The second kappa shape index (κ2) is 7.34. The summed E-state index contributed by atoms with van der Waals surface area (Å²) >= 11 is 0. The van der Waals surface area contributed by atoms with Crippen LogP contribution in [0.1, 0.15) is 34.1 Å². The van der Waals surface area contributed by atoms with E-state index < -0.39 is 0 Å². The van der Waals surface area contributed by atoms with Crippen molar-refractivity contribution in [2.75, 3.05) is 26.7 Å². The molecule has 2 heteroatoms. The largest absolute Gasteiger partial charge is 0.316 e. The Balaban J connectivity index is 3.43. The molecule has 0 fully saturated rings. The van der Waals surface area contributed by atoms with Crippen molar-refractivity contribution in [3.05, 3.63) is 0 Å². The Kier molecular flexibility index (Phi) is 7.29. The molecular formula is C11H26N2. The van der Waals surface area contributed by atoms with E-state index in [0.29, 0.717) is 6.04 Å². The second-order valence-electron chi connectivity index (χ2n) is 4.34. The monoisotopic (exact) mass is 186 g/mol. The van der Waals surface area contributed by atoms with Crippen LogP contribution in [-0.2, 0) is 0 Å². The summed E-state index contributed by atoms with van der Waals surface area (Å²) in [5, 5.41) is 3.45. The topological polar surface area (TPSA) is 15.3 Å². The lowest BCUT2D eigenvalue weighted by molar-refractivity contribution is 0.234. The maximum absolute atomic E-state index is 3.45. The minimum Gasteiger partial charge on any atom is -0.316 e. The van der Waals surface area contributed by atoms with Crippen molar-refractivity contribution in [1.82, 2.24) is 10.2 Å². The first-order chi connectivity index (χ1) is 6.07. The van der Waals surface area contributed by atoms with Gasteiger partial charge in [-0.15, -0.1) is 0 Å². The number of nitrogens with zero attached hydrogens (tertiary/aromatic N) is 1. The summed E-state index contributed by atoms with van der Waals surface area (Å²) < 4.78 is 0. The van der Waals surface area contributed by atoms with Crippen LogP contribution in [0.2, 0.25) is 0 Å². The molecule has 13 heavy (non-hydrogen) atoms. The minimum absolute atomic E-state index is 0.661. The molecule has 0 aliphatic rings. The van der Waals surface area contributed by atoms with Gasteiger partial charge >= 0.3 is 0 Å². The molecular weight excluding hydrogens is 160 g/mol. The predicted octanol–water partition coefficient (Wildman–Crippen LogP) is 1.96. The van der Waals surface area contributed by atoms with Crippen molar-refractivity contribution >= 4 is 0 Å². The van der Waals surface area contributed by atoms with Gasteiger partial charge in [-0.1, -0.05) is 13.8 Å². The van der Waals surface area contributed by atoms with Gasteiger partial charge in [-0.2, -0.15) is 0 Å². The quantitative estimate of drug-likeness (QED) is 0.612. The molecule has 1 N–H and O–H groups in total. The second-order valence-corrected chi connectivity index (χ2v) is 4.34. The average molecular weight is 186 g/mol. The van der Waals surface area contributed by atoms with E-state index in [9.17, 15) is 0 Å². The smallest absolute Gasteiger partial charge is 0.00356 e. The zero-order valence-corrected chi connectivity index (χ0v) is 9.93. The van der Waals surface area contributed by atoms with Gasteiger partial charge in [0.25, 0.3) is 0 Å². The third-order valence-electron chi connectivity index (χ3n) is 2.40. The number of hydrogen-bond acceptors (Lipinski definition) is 2. The van der Waals surface area contributed by atoms with Crippen LogP contribution in [0.15, 0.2) is 0 Å². The Labute approximate surface area is 83.7 Å². The van der Waals surface area contributed by atoms with Crippen LogP contribution in [0, 0.1) is 5.92 Å². The van der Waals surface area contributed by atoms with E-state index in [0.717, 1.165) is 19.0 Å². The van der Waals surface area contributed by atoms with Crippen LogP contribution in [0.5, 0.6) is 0 Å². The van der Waals surface area contributed by atoms with E-state index in [1.807, 2.05) is 0 Å². The van der Waals surface area contributed by atoms with Crippen LogP contribution < -0.4 is 5.32 Å². The molecule has 0 rings (SSSR count). The molecule has 0 amide bonds. The Morgan fingerprint density at radius 2 is 1.85 bits per heavy atom. The number of nitrogens with one attached hydrogen (secondary N) is 1. The highest BCUT2D eigenvalue weighted by Gasteiger charge is 2.07. The van der Waals surface area contributed by atoms with E-state index >= 15 is 0 Å². The maximum atomic E-state index is 3.45. The molecule has 0 aromatic carbocycles. The summed E-state index contributed by atoms with van der Waals surface area (Å²) in [5.41, 5.74) is 0. The van der Waals surface area contributed by atoms with Crippen molar-refractivity contribution in [2.24, 2.45) is 5.92 Å². The minimum atomic E-state index is 0.661. The molecule has 2 nitrogen and oxygen atoms in total. The Hall–Kier alpha value is -0.0800. The fraction of sp³-hybridized carbons (Fsp3) is 1.00. The van der Waals surface area contributed by atoms with Crippen molar-refractivity contribution < 1.29 is 0 Å². The van der Waals surface area contributed by atoms with Crippen LogP contribution >= 0.6 is 0 Å². The van der Waals surface area contributed by atoms with Gasteiger partial charge in [-0.25, -0.2) is 0 Å². The summed E-state index contributed by atoms with van der Waals surface area (Å²) in [6.45, 7) is 12.5. The standard InChI is InChI=1S/C11H26N2/c1-6-7-12-8-11(4)9-13(5)10(2)3/h10-12H,6-9H2,1-5H3. The zero-order valence-electron chi connectivity index (χ0n) is 9.93. The van der Waals surface area contributed by atoms with Gasteiger partial charge in [0.15, 0.2) is 0 Å². The van der Waals surface area contributed by atoms with Crippen LogP contribution in [-0.4, -0.2) is 37.6 Å². The molecule has 1 unspecified atom stereocenters. The summed E-state index contributed by atoms with van der Waals surface area (Å²) in [7, 11) is 2.20. The SMILES string of the molecule is CCCNCC(C)CN(C)C(C)C. The summed E-state index contributed by atoms with van der Waals surface area (Å²) in [5.74, 6) is 0.749. The summed E-state index contributed by atoms with van der Waals surface area (Å²) in [6, 6.07) is 0.661. The van der Waals surface area contributed by atoms with E-state index in [1.165, 1.54) is 13.0 Å². The first kappa shape index (κ1) is 12.9. The van der Waals surface area contributed by atoms with Crippen molar-refractivity contribution in [3.8, 4) is 0 Å². The van der Waals surface area contributed by atoms with Gasteiger partial charge in [0, 0.05) is 12.6 Å².